The van der Waals surface area contributed by atoms with Gasteiger partial charge in [-0.25, -0.2) is 0 Å². The summed E-state index contributed by atoms with van der Waals surface area (Å²) < 4.78 is 5.83. The molecule has 5 nitrogen and oxygen atoms in total. The molecule has 0 saturated carbocycles. The molecule has 0 aliphatic carbocycles. The first-order valence-corrected chi connectivity index (χ1v) is 10.1. The van der Waals surface area contributed by atoms with Crippen molar-refractivity contribution in [3.05, 3.63) is 29.8 Å². The Balaban J connectivity index is 1.39. The molecule has 0 aromatic heterocycles. The SMILES string of the molecule is CN1CCC(CCNCc2ccccc2OCC(=O)N2CCCC2)CC1. The second-order valence-corrected chi connectivity index (χ2v) is 7.70. The molecule has 2 saturated heterocycles. The van der Waals surface area contributed by atoms with Crippen LogP contribution in [0.25, 0.3) is 0 Å². The van der Waals surface area contributed by atoms with Gasteiger partial charge in [-0.3, -0.25) is 4.79 Å². The molecule has 2 heterocycles. The van der Waals surface area contributed by atoms with E-state index in [0.717, 1.165) is 56.3 Å². The average molecular weight is 360 g/mol. The lowest BCUT2D eigenvalue weighted by molar-refractivity contribution is -0.132. The zero-order valence-electron chi connectivity index (χ0n) is 16.1. The van der Waals surface area contributed by atoms with Crippen molar-refractivity contribution in [3.8, 4) is 5.75 Å². The zero-order chi connectivity index (χ0) is 18.2. The molecule has 26 heavy (non-hydrogen) atoms. The summed E-state index contributed by atoms with van der Waals surface area (Å²) in [5, 5.41) is 3.55. The first-order valence-electron chi connectivity index (χ1n) is 10.1. The fraction of sp³-hybridized carbons (Fsp3) is 0.667. The van der Waals surface area contributed by atoms with E-state index in [-0.39, 0.29) is 12.5 Å². The van der Waals surface area contributed by atoms with Crippen LogP contribution in [0.1, 0.15) is 37.7 Å². The van der Waals surface area contributed by atoms with Crippen LogP contribution in [0.4, 0.5) is 0 Å². The predicted molar refractivity (Wildman–Crippen MR) is 104 cm³/mol. The van der Waals surface area contributed by atoms with Crippen LogP contribution in [-0.2, 0) is 11.3 Å². The minimum atomic E-state index is 0.104. The topological polar surface area (TPSA) is 44.8 Å². The Bertz CT molecular complexity index is 564. The number of ether oxygens (including phenoxy) is 1. The van der Waals surface area contributed by atoms with Gasteiger partial charge in [-0.15, -0.1) is 0 Å². The van der Waals surface area contributed by atoms with Crippen LogP contribution in [0.2, 0.25) is 0 Å². The van der Waals surface area contributed by atoms with Crippen molar-refractivity contribution in [2.75, 3.05) is 46.4 Å². The number of hydrogen-bond acceptors (Lipinski definition) is 4. The molecule has 2 fully saturated rings. The van der Waals surface area contributed by atoms with Crippen LogP contribution in [0.15, 0.2) is 24.3 Å². The Morgan fingerprint density at radius 1 is 1.15 bits per heavy atom. The summed E-state index contributed by atoms with van der Waals surface area (Å²) in [7, 11) is 2.21. The highest BCUT2D eigenvalue weighted by Gasteiger charge is 2.19. The van der Waals surface area contributed by atoms with E-state index in [1.54, 1.807) is 0 Å². The smallest absolute Gasteiger partial charge is 0.260 e. The van der Waals surface area contributed by atoms with E-state index in [9.17, 15) is 4.79 Å². The summed E-state index contributed by atoms with van der Waals surface area (Å²) in [5.41, 5.74) is 1.13. The zero-order valence-corrected chi connectivity index (χ0v) is 16.1. The van der Waals surface area contributed by atoms with Gasteiger partial charge in [0.25, 0.3) is 5.91 Å². The quantitative estimate of drug-likeness (QED) is 0.725. The predicted octanol–water partition coefficient (Wildman–Crippen LogP) is 2.51. The third-order valence-electron chi connectivity index (χ3n) is 5.67. The first-order chi connectivity index (χ1) is 12.7. The Kier molecular flexibility index (Phi) is 7.32. The molecule has 2 aliphatic heterocycles. The van der Waals surface area contributed by atoms with E-state index < -0.39 is 0 Å². The van der Waals surface area contributed by atoms with Crippen LogP contribution in [0.3, 0.4) is 0 Å². The van der Waals surface area contributed by atoms with Gasteiger partial charge in [0.1, 0.15) is 5.75 Å². The third kappa shape index (κ3) is 5.71. The molecule has 144 valence electrons. The number of para-hydroxylation sites is 1. The molecule has 1 N–H and O–H groups in total. The average Bonchev–Trinajstić information content (AvgIpc) is 3.20. The van der Waals surface area contributed by atoms with E-state index in [4.69, 9.17) is 4.74 Å². The van der Waals surface area contributed by atoms with Crippen LogP contribution in [-0.4, -0.2) is 62.1 Å². The number of carbonyl (C=O) groups is 1. The number of carbonyl (C=O) groups excluding carboxylic acids is 1. The van der Waals surface area contributed by atoms with Gasteiger partial charge in [0.15, 0.2) is 6.61 Å². The summed E-state index contributed by atoms with van der Waals surface area (Å²) in [5.74, 6) is 1.78. The lowest BCUT2D eigenvalue weighted by atomic mass is 9.94. The minimum absolute atomic E-state index is 0.104. The number of hydrogen-bond donors (Lipinski definition) is 1. The van der Waals surface area contributed by atoms with Gasteiger partial charge in [0.05, 0.1) is 0 Å². The molecule has 3 rings (SSSR count). The summed E-state index contributed by atoms with van der Waals surface area (Å²) in [6.45, 7) is 6.19. The Morgan fingerprint density at radius 2 is 1.88 bits per heavy atom. The molecular formula is C21H33N3O2. The van der Waals surface area contributed by atoms with Crippen molar-refractivity contribution in [1.29, 1.82) is 0 Å². The van der Waals surface area contributed by atoms with E-state index in [0.29, 0.717) is 0 Å². The number of likely N-dealkylation sites (tertiary alicyclic amines) is 2. The fourth-order valence-electron chi connectivity index (χ4n) is 3.87. The number of amides is 1. The van der Waals surface area contributed by atoms with Crippen molar-refractivity contribution >= 4 is 5.91 Å². The lowest BCUT2D eigenvalue weighted by Crippen LogP contribution is -2.32. The van der Waals surface area contributed by atoms with E-state index in [1.807, 2.05) is 23.1 Å². The van der Waals surface area contributed by atoms with Crippen LogP contribution in [0, 0.1) is 5.92 Å². The number of piperidine rings is 1. The summed E-state index contributed by atoms with van der Waals surface area (Å²) in [6, 6.07) is 8.05. The molecule has 0 spiro atoms. The number of rotatable bonds is 8. The standard InChI is InChI=1S/C21H33N3O2/c1-23-14-9-18(10-15-23)8-11-22-16-19-6-2-3-7-20(19)26-17-21(25)24-12-4-5-13-24/h2-3,6-7,18,22H,4-5,8-17H2,1H3. The summed E-state index contributed by atoms with van der Waals surface area (Å²) in [4.78, 5) is 16.5. The third-order valence-corrected chi connectivity index (χ3v) is 5.67. The van der Waals surface area contributed by atoms with E-state index >= 15 is 0 Å². The number of benzene rings is 1. The second-order valence-electron chi connectivity index (χ2n) is 7.70. The fourth-order valence-corrected chi connectivity index (χ4v) is 3.87. The van der Waals surface area contributed by atoms with Crippen molar-refractivity contribution in [3.63, 3.8) is 0 Å². The molecule has 0 bridgehead atoms. The highest BCUT2D eigenvalue weighted by atomic mass is 16.5. The largest absolute Gasteiger partial charge is 0.483 e. The highest BCUT2D eigenvalue weighted by Crippen LogP contribution is 2.20. The molecular weight excluding hydrogens is 326 g/mol. The Morgan fingerprint density at radius 3 is 2.65 bits per heavy atom. The molecule has 1 amide bonds. The Labute approximate surface area is 157 Å². The van der Waals surface area contributed by atoms with Crippen molar-refractivity contribution in [2.45, 2.75) is 38.6 Å². The van der Waals surface area contributed by atoms with Crippen molar-refractivity contribution < 1.29 is 9.53 Å². The van der Waals surface area contributed by atoms with Gasteiger partial charge < -0.3 is 19.9 Å². The van der Waals surface area contributed by atoms with Crippen molar-refractivity contribution in [1.82, 2.24) is 15.1 Å². The van der Waals surface area contributed by atoms with Gasteiger partial charge in [-0.1, -0.05) is 18.2 Å². The summed E-state index contributed by atoms with van der Waals surface area (Å²) in [6.07, 6.45) is 6.10. The maximum atomic E-state index is 12.2. The molecule has 0 atom stereocenters. The van der Waals surface area contributed by atoms with Gasteiger partial charge in [-0.2, -0.15) is 0 Å². The molecule has 1 aromatic carbocycles. The maximum absolute atomic E-state index is 12.2. The highest BCUT2D eigenvalue weighted by molar-refractivity contribution is 5.78. The lowest BCUT2D eigenvalue weighted by Gasteiger charge is -2.28. The second kappa shape index (κ2) is 9.93. The normalized spacial score (nSPS) is 19.0. The van der Waals surface area contributed by atoms with Gasteiger partial charge in [0, 0.05) is 25.2 Å². The van der Waals surface area contributed by atoms with Crippen LogP contribution < -0.4 is 10.1 Å². The van der Waals surface area contributed by atoms with Crippen LogP contribution in [0.5, 0.6) is 5.75 Å². The molecule has 0 unspecified atom stereocenters. The van der Waals surface area contributed by atoms with Gasteiger partial charge >= 0.3 is 0 Å². The van der Waals surface area contributed by atoms with Gasteiger partial charge in [0.2, 0.25) is 0 Å². The molecule has 5 heteroatoms. The van der Waals surface area contributed by atoms with Crippen LogP contribution >= 0.6 is 0 Å². The molecule has 1 aromatic rings. The van der Waals surface area contributed by atoms with E-state index in [1.165, 1.54) is 32.4 Å². The van der Waals surface area contributed by atoms with Crippen molar-refractivity contribution in [2.24, 2.45) is 5.92 Å². The first kappa shape index (κ1) is 19.2. The molecule has 0 radical (unpaired) electrons. The van der Waals surface area contributed by atoms with Gasteiger partial charge in [-0.05, 0) is 70.8 Å². The van der Waals surface area contributed by atoms with E-state index in [2.05, 4.69) is 23.3 Å². The minimum Gasteiger partial charge on any atom is -0.483 e. The maximum Gasteiger partial charge on any atom is 0.260 e. The Hall–Kier alpha value is -1.59. The number of nitrogens with one attached hydrogen (secondary N) is 1. The monoisotopic (exact) mass is 359 g/mol. The number of nitrogens with zero attached hydrogens (tertiary/aromatic N) is 2. The summed E-state index contributed by atoms with van der Waals surface area (Å²) >= 11 is 0. The molecule has 2 aliphatic rings.